The molecule has 0 saturated heterocycles. The zero-order chi connectivity index (χ0) is 41.4. The first-order valence-electron chi connectivity index (χ1n) is 19.4. The van der Waals surface area contributed by atoms with Crippen molar-refractivity contribution in [3.8, 4) is 17.6 Å². The molecule has 12 nitrogen and oxygen atoms in total. The van der Waals surface area contributed by atoms with Gasteiger partial charge in [-0.05, 0) is 65.9 Å². The molecule has 0 fully saturated rings. The number of carbonyl (C=O) groups is 1. The van der Waals surface area contributed by atoms with Crippen LogP contribution in [0.15, 0.2) is 96.1 Å². The van der Waals surface area contributed by atoms with E-state index >= 15 is 0 Å². The number of imidazole rings is 1. The number of ether oxygens (including phenoxy) is 4. The highest BCUT2D eigenvalue weighted by Gasteiger charge is 2.50. The number of rotatable bonds is 19. The van der Waals surface area contributed by atoms with E-state index in [9.17, 15) is 9.59 Å². The van der Waals surface area contributed by atoms with Crippen LogP contribution in [0.1, 0.15) is 57.8 Å². The number of nitrogens with zero attached hydrogens (tertiary/aromatic N) is 5. The third-order valence-electron chi connectivity index (χ3n) is 9.63. The quantitative estimate of drug-likeness (QED) is 0.0367. The standard InChI is InChI=1S/C43H57N5O7Si2/c1-31(2)28-53-40-37-38(44-29-45-40)47(30-52-26-27-56(8,9)10)42(50)48(37)36-24-23-35(41(49)51-7)39(46-36)55-32(3)18-17-25-54-57(43(4,5)6,33-19-13-11-14-20-33)34-21-15-12-16-22-34/h11-16,19-24,29,32H,1,17-18,25-28,30H2,2-10H3. The van der Waals surface area contributed by atoms with Crippen molar-refractivity contribution in [3.63, 3.8) is 0 Å². The molecule has 5 aromatic rings. The molecule has 57 heavy (non-hydrogen) atoms. The molecule has 0 amide bonds. The van der Waals surface area contributed by atoms with Crippen molar-refractivity contribution in [3.05, 3.63) is 107 Å². The van der Waals surface area contributed by atoms with Gasteiger partial charge in [-0.1, -0.05) is 108 Å². The second-order valence-electron chi connectivity index (χ2n) is 16.6. The molecule has 0 aliphatic heterocycles. The Morgan fingerprint density at radius 1 is 0.912 bits per heavy atom. The third kappa shape index (κ3) is 10.2. The second kappa shape index (κ2) is 18.6. The Labute approximate surface area is 338 Å². The van der Waals surface area contributed by atoms with Crippen LogP contribution in [0, 0.1) is 0 Å². The minimum Gasteiger partial charge on any atom is -0.474 e. The molecule has 0 bridgehead atoms. The maximum absolute atomic E-state index is 14.2. The molecule has 0 saturated carbocycles. The van der Waals surface area contributed by atoms with Gasteiger partial charge in [0.25, 0.3) is 8.32 Å². The van der Waals surface area contributed by atoms with Crippen molar-refractivity contribution < 1.29 is 28.2 Å². The lowest BCUT2D eigenvalue weighted by molar-refractivity contribution is 0.0591. The molecule has 0 radical (unpaired) electrons. The predicted octanol–water partition coefficient (Wildman–Crippen LogP) is 7.16. The number of hydrogen-bond donors (Lipinski definition) is 0. The van der Waals surface area contributed by atoms with E-state index in [4.69, 9.17) is 28.4 Å². The molecule has 0 aliphatic rings. The smallest absolute Gasteiger partial charge is 0.343 e. The zero-order valence-corrected chi connectivity index (χ0v) is 36.8. The summed E-state index contributed by atoms with van der Waals surface area (Å²) in [4.78, 5) is 40.8. The summed E-state index contributed by atoms with van der Waals surface area (Å²) in [6.45, 7) is 22.4. The van der Waals surface area contributed by atoms with Crippen molar-refractivity contribution >= 4 is 43.9 Å². The third-order valence-corrected chi connectivity index (χ3v) is 16.4. The Morgan fingerprint density at radius 2 is 1.56 bits per heavy atom. The number of pyridine rings is 1. The summed E-state index contributed by atoms with van der Waals surface area (Å²) in [5.41, 5.74) is 1.05. The number of hydrogen-bond acceptors (Lipinski definition) is 10. The fraction of sp³-hybridized carbons (Fsp3) is 0.419. The Balaban J connectivity index is 1.44. The number of fused-ring (bicyclic) bond motifs is 1. The maximum Gasteiger partial charge on any atom is 0.343 e. The number of esters is 1. The molecule has 0 spiro atoms. The Hall–Kier alpha value is -4.90. The summed E-state index contributed by atoms with van der Waals surface area (Å²) in [6, 6.07) is 25.1. The minimum atomic E-state index is -2.71. The molecule has 0 N–H and O–H groups in total. The predicted molar refractivity (Wildman–Crippen MR) is 230 cm³/mol. The summed E-state index contributed by atoms with van der Waals surface area (Å²) < 4.78 is 33.4. The molecule has 304 valence electrons. The molecule has 5 rings (SSSR count). The van der Waals surface area contributed by atoms with Crippen LogP contribution in [0.25, 0.3) is 17.0 Å². The molecule has 1 unspecified atom stereocenters. The van der Waals surface area contributed by atoms with Crippen LogP contribution in [0.4, 0.5) is 0 Å². The van der Waals surface area contributed by atoms with E-state index in [0.717, 1.165) is 11.6 Å². The summed E-state index contributed by atoms with van der Waals surface area (Å²) in [5.74, 6) is -0.229. The van der Waals surface area contributed by atoms with Crippen LogP contribution in [-0.2, 0) is 20.6 Å². The average molecular weight is 812 g/mol. The number of aromatic nitrogens is 5. The molecule has 2 aromatic carbocycles. The molecular weight excluding hydrogens is 755 g/mol. The zero-order valence-electron chi connectivity index (χ0n) is 34.8. The normalized spacial score (nSPS) is 12.7. The average Bonchev–Trinajstić information content (AvgIpc) is 3.46. The van der Waals surface area contributed by atoms with Gasteiger partial charge in [0.1, 0.15) is 31.0 Å². The van der Waals surface area contributed by atoms with Crippen LogP contribution in [0.5, 0.6) is 11.8 Å². The highest BCUT2D eigenvalue weighted by molar-refractivity contribution is 6.99. The summed E-state index contributed by atoms with van der Waals surface area (Å²) in [5, 5.41) is 2.27. The summed E-state index contributed by atoms with van der Waals surface area (Å²) >= 11 is 0. The van der Waals surface area contributed by atoms with Gasteiger partial charge in [-0.2, -0.15) is 9.97 Å². The second-order valence-corrected chi connectivity index (χ2v) is 26.5. The van der Waals surface area contributed by atoms with Gasteiger partial charge in [0.15, 0.2) is 11.2 Å². The van der Waals surface area contributed by atoms with Crippen molar-refractivity contribution in [1.29, 1.82) is 0 Å². The van der Waals surface area contributed by atoms with E-state index in [2.05, 4.69) is 105 Å². The van der Waals surface area contributed by atoms with E-state index in [1.54, 1.807) is 12.1 Å². The number of carbonyl (C=O) groups excluding carboxylic acids is 1. The molecule has 14 heteroatoms. The lowest BCUT2D eigenvalue weighted by atomic mass is 10.2. The van der Waals surface area contributed by atoms with E-state index < -0.39 is 28.1 Å². The van der Waals surface area contributed by atoms with Gasteiger partial charge < -0.3 is 23.4 Å². The van der Waals surface area contributed by atoms with E-state index in [-0.39, 0.29) is 47.6 Å². The first kappa shape index (κ1) is 43.2. The SMILES string of the molecule is C=C(C)COc1ncnc2c1n(-c1ccc(C(=O)OC)c(OC(C)CCCO[Si](c3ccccc3)(c3ccccc3)C(C)(C)C)n1)c(=O)n2COCC[Si](C)(C)C. The summed E-state index contributed by atoms with van der Waals surface area (Å²) in [7, 11) is -2.79. The van der Waals surface area contributed by atoms with Gasteiger partial charge in [-0.25, -0.2) is 19.1 Å². The summed E-state index contributed by atoms with van der Waals surface area (Å²) in [6.07, 6.45) is 2.25. The Kier molecular flexibility index (Phi) is 14.1. The molecule has 1 atom stereocenters. The fourth-order valence-electron chi connectivity index (χ4n) is 6.73. The van der Waals surface area contributed by atoms with Gasteiger partial charge >= 0.3 is 11.7 Å². The fourth-order valence-corrected chi connectivity index (χ4v) is 12.1. The number of benzene rings is 2. The molecule has 0 aliphatic carbocycles. The molecule has 3 aromatic heterocycles. The van der Waals surface area contributed by atoms with Gasteiger partial charge in [0.05, 0.1) is 13.2 Å². The van der Waals surface area contributed by atoms with E-state index in [0.29, 0.717) is 37.2 Å². The highest BCUT2D eigenvalue weighted by Crippen LogP contribution is 2.37. The minimum absolute atomic E-state index is 0.0274. The van der Waals surface area contributed by atoms with Crippen molar-refractivity contribution in [1.82, 2.24) is 24.1 Å². The van der Waals surface area contributed by atoms with Gasteiger partial charge in [-0.15, -0.1) is 0 Å². The molecule has 3 heterocycles. The van der Waals surface area contributed by atoms with Crippen molar-refractivity contribution in [2.24, 2.45) is 0 Å². The van der Waals surface area contributed by atoms with Crippen LogP contribution >= 0.6 is 0 Å². The van der Waals surface area contributed by atoms with Crippen LogP contribution in [0.2, 0.25) is 30.7 Å². The first-order valence-corrected chi connectivity index (χ1v) is 25.0. The Morgan fingerprint density at radius 3 is 2.14 bits per heavy atom. The van der Waals surface area contributed by atoms with E-state index in [1.165, 1.54) is 32.9 Å². The monoisotopic (exact) mass is 811 g/mol. The largest absolute Gasteiger partial charge is 0.474 e. The van der Waals surface area contributed by atoms with Crippen LogP contribution in [0.3, 0.4) is 0 Å². The van der Waals surface area contributed by atoms with Crippen molar-refractivity contribution in [2.75, 3.05) is 26.9 Å². The highest BCUT2D eigenvalue weighted by atomic mass is 28.4. The van der Waals surface area contributed by atoms with Gasteiger partial charge in [0.2, 0.25) is 11.8 Å². The van der Waals surface area contributed by atoms with Crippen LogP contribution < -0.4 is 25.5 Å². The lowest BCUT2D eigenvalue weighted by Gasteiger charge is -2.43. The van der Waals surface area contributed by atoms with Gasteiger partial charge in [-0.3, -0.25) is 4.57 Å². The Bertz CT molecular complexity index is 2160. The van der Waals surface area contributed by atoms with E-state index in [1.807, 2.05) is 26.0 Å². The van der Waals surface area contributed by atoms with Crippen LogP contribution in [-0.4, -0.2) is 79.5 Å². The lowest BCUT2D eigenvalue weighted by Crippen LogP contribution is -2.66. The van der Waals surface area contributed by atoms with Crippen molar-refractivity contribution in [2.45, 2.75) is 91.0 Å². The maximum atomic E-state index is 14.2. The molecular formula is C43H57N5O7Si2. The number of methoxy groups -OCH3 is 1. The van der Waals surface area contributed by atoms with Gasteiger partial charge in [0, 0.05) is 21.3 Å². The topological polar surface area (TPSA) is 129 Å². The first-order chi connectivity index (χ1) is 27.1.